The van der Waals surface area contributed by atoms with Gasteiger partial charge in [0.15, 0.2) is 0 Å². The lowest BCUT2D eigenvalue weighted by atomic mass is 10.1. The molecule has 0 saturated carbocycles. The Hall–Kier alpha value is -1.95. The molecular weight excluding hydrogens is 222 g/mol. The van der Waals surface area contributed by atoms with Crippen LogP contribution in [0.4, 0.5) is 5.69 Å². The number of nitrogens with two attached hydrogens (primary N) is 1. The zero-order chi connectivity index (χ0) is 11.0. The van der Waals surface area contributed by atoms with Gasteiger partial charge in [0.05, 0.1) is 0 Å². The summed E-state index contributed by atoms with van der Waals surface area (Å²) in [6, 6.07) is 7.82. The number of aromatic nitrogens is 4. The maximum absolute atomic E-state index is 5.63. The van der Waals surface area contributed by atoms with Gasteiger partial charge in [-0.3, -0.25) is 0 Å². The van der Waals surface area contributed by atoms with Gasteiger partial charge in [0.2, 0.25) is 4.96 Å². The van der Waals surface area contributed by atoms with Crippen LogP contribution in [0.5, 0.6) is 0 Å². The fourth-order valence-corrected chi connectivity index (χ4v) is 2.33. The minimum Gasteiger partial charge on any atom is -0.399 e. The van der Waals surface area contributed by atoms with Gasteiger partial charge in [-0.2, -0.15) is 9.61 Å². The van der Waals surface area contributed by atoms with Crippen LogP contribution in [0, 0.1) is 0 Å². The standard InChI is InChI=1S/C10H9N5S/c11-8-3-1-7(2-4-8)5-9-14-15-6-12-13-10(15)16-9/h1-4,6H,5,11H2. The Morgan fingerprint density at radius 2 is 2.06 bits per heavy atom. The smallest absolute Gasteiger partial charge is 0.234 e. The Bertz CT molecular complexity index is 581. The van der Waals surface area contributed by atoms with E-state index in [1.54, 1.807) is 22.2 Å². The Kier molecular flexibility index (Phi) is 2.07. The Morgan fingerprint density at radius 3 is 2.81 bits per heavy atom. The van der Waals surface area contributed by atoms with Crippen molar-refractivity contribution in [2.75, 3.05) is 5.73 Å². The van der Waals surface area contributed by atoms with Crippen LogP contribution >= 0.6 is 11.3 Å². The molecule has 80 valence electrons. The third-order valence-electron chi connectivity index (χ3n) is 2.26. The minimum absolute atomic E-state index is 0.780. The molecule has 0 bridgehead atoms. The van der Waals surface area contributed by atoms with E-state index in [0.717, 1.165) is 22.1 Å². The molecule has 0 atom stereocenters. The quantitative estimate of drug-likeness (QED) is 0.676. The van der Waals surface area contributed by atoms with E-state index < -0.39 is 0 Å². The first kappa shape index (κ1) is 9.29. The second-order valence-electron chi connectivity index (χ2n) is 3.47. The second kappa shape index (κ2) is 3.57. The molecule has 0 spiro atoms. The third kappa shape index (κ3) is 1.63. The summed E-state index contributed by atoms with van der Waals surface area (Å²) < 4.78 is 1.69. The highest BCUT2D eigenvalue weighted by atomic mass is 32.1. The monoisotopic (exact) mass is 231 g/mol. The van der Waals surface area contributed by atoms with E-state index in [9.17, 15) is 0 Å². The van der Waals surface area contributed by atoms with Gasteiger partial charge in [-0.15, -0.1) is 10.2 Å². The summed E-state index contributed by atoms with van der Waals surface area (Å²) in [6.07, 6.45) is 2.41. The van der Waals surface area contributed by atoms with Crippen molar-refractivity contribution in [1.29, 1.82) is 0 Å². The van der Waals surface area contributed by atoms with Crippen molar-refractivity contribution in [3.63, 3.8) is 0 Å². The maximum Gasteiger partial charge on any atom is 0.234 e. The number of nitrogen functional groups attached to an aromatic ring is 1. The summed E-state index contributed by atoms with van der Waals surface area (Å²) >= 11 is 1.55. The van der Waals surface area contributed by atoms with Gasteiger partial charge in [-0.25, -0.2) is 0 Å². The summed E-state index contributed by atoms with van der Waals surface area (Å²) in [7, 11) is 0. The lowest BCUT2D eigenvalue weighted by Gasteiger charge is -1.97. The molecule has 3 rings (SSSR count). The molecule has 0 saturated heterocycles. The molecule has 0 radical (unpaired) electrons. The maximum atomic E-state index is 5.63. The molecule has 2 heterocycles. The van der Waals surface area contributed by atoms with Gasteiger partial charge in [0.1, 0.15) is 11.3 Å². The number of rotatable bonds is 2. The first-order valence-corrected chi connectivity index (χ1v) is 5.63. The van der Waals surface area contributed by atoms with Gasteiger partial charge in [0.25, 0.3) is 0 Å². The Balaban J connectivity index is 1.89. The SMILES string of the molecule is Nc1ccc(Cc2nn3cnnc3s2)cc1. The van der Waals surface area contributed by atoms with E-state index in [-0.39, 0.29) is 0 Å². The predicted molar refractivity (Wildman–Crippen MR) is 62.3 cm³/mol. The first-order valence-electron chi connectivity index (χ1n) is 4.81. The third-order valence-corrected chi connectivity index (χ3v) is 3.18. The summed E-state index contributed by atoms with van der Waals surface area (Å²) in [4.78, 5) is 0.824. The van der Waals surface area contributed by atoms with E-state index >= 15 is 0 Å². The van der Waals surface area contributed by atoms with Crippen LogP contribution in [0.15, 0.2) is 30.6 Å². The van der Waals surface area contributed by atoms with Crippen molar-refractivity contribution in [1.82, 2.24) is 19.8 Å². The van der Waals surface area contributed by atoms with Gasteiger partial charge in [0, 0.05) is 12.1 Å². The van der Waals surface area contributed by atoms with Crippen LogP contribution in [0.1, 0.15) is 10.6 Å². The fraction of sp³-hybridized carbons (Fsp3) is 0.100. The van der Waals surface area contributed by atoms with Crippen molar-refractivity contribution < 1.29 is 0 Å². The van der Waals surface area contributed by atoms with E-state index in [1.807, 2.05) is 24.3 Å². The topological polar surface area (TPSA) is 69.1 Å². The molecule has 2 aromatic heterocycles. The number of hydrogen-bond acceptors (Lipinski definition) is 5. The predicted octanol–water partition coefficient (Wildman–Crippen LogP) is 1.36. The van der Waals surface area contributed by atoms with Crippen LogP contribution in [-0.2, 0) is 6.42 Å². The molecule has 0 aliphatic heterocycles. The summed E-state index contributed by atoms with van der Waals surface area (Å²) in [5.74, 6) is 0. The molecule has 6 heteroatoms. The Labute approximate surface area is 95.5 Å². The van der Waals surface area contributed by atoms with Gasteiger partial charge >= 0.3 is 0 Å². The van der Waals surface area contributed by atoms with Crippen LogP contribution in [0.25, 0.3) is 4.96 Å². The zero-order valence-corrected chi connectivity index (χ0v) is 9.18. The number of nitrogens with zero attached hydrogens (tertiary/aromatic N) is 4. The summed E-state index contributed by atoms with van der Waals surface area (Å²) in [6.45, 7) is 0. The average Bonchev–Trinajstić information content (AvgIpc) is 2.81. The van der Waals surface area contributed by atoms with Crippen LogP contribution in [0.3, 0.4) is 0 Å². The molecule has 2 N–H and O–H groups in total. The van der Waals surface area contributed by atoms with E-state index in [0.29, 0.717) is 0 Å². The lowest BCUT2D eigenvalue weighted by molar-refractivity contribution is 0.909. The molecule has 0 unspecified atom stereocenters. The molecule has 0 fully saturated rings. The molecule has 5 nitrogen and oxygen atoms in total. The van der Waals surface area contributed by atoms with Crippen molar-refractivity contribution in [3.8, 4) is 0 Å². The average molecular weight is 231 g/mol. The zero-order valence-electron chi connectivity index (χ0n) is 8.37. The van der Waals surface area contributed by atoms with E-state index in [2.05, 4.69) is 15.3 Å². The van der Waals surface area contributed by atoms with Crippen molar-refractivity contribution in [2.24, 2.45) is 0 Å². The van der Waals surface area contributed by atoms with Crippen molar-refractivity contribution >= 4 is 22.0 Å². The fourth-order valence-electron chi connectivity index (χ4n) is 1.48. The van der Waals surface area contributed by atoms with Crippen LogP contribution < -0.4 is 5.73 Å². The lowest BCUT2D eigenvalue weighted by Crippen LogP contribution is -1.90. The van der Waals surface area contributed by atoms with Crippen LogP contribution in [-0.4, -0.2) is 19.8 Å². The highest BCUT2D eigenvalue weighted by Gasteiger charge is 2.05. The highest BCUT2D eigenvalue weighted by molar-refractivity contribution is 7.16. The molecule has 3 aromatic rings. The molecular formula is C10H9N5S. The molecule has 1 aromatic carbocycles. The first-order chi connectivity index (χ1) is 7.81. The van der Waals surface area contributed by atoms with Gasteiger partial charge in [-0.05, 0) is 17.7 Å². The number of fused-ring (bicyclic) bond motifs is 1. The summed E-state index contributed by atoms with van der Waals surface area (Å²) in [5.41, 5.74) is 7.60. The minimum atomic E-state index is 0.780. The van der Waals surface area contributed by atoms with Gasteiger partial charge in [-0.1, -0.05) is 23.5 Å². The molecule has 0 amide bonds. The molecule has 0 aliphatic rings. The second-order valence-corrected chi connectivity index (χ2v) is 4.51. The number of anilines is 1. The van der Waals surface area contributed by atoms with E-state index in [1.165, 1.54) is 5.56 Å². The number of hydrogen-bond donors (Lipinski definition) is 1. The van der Waals surface area contributed by atoms with Gasteiger partial charge < -0.3 is 5.73 Å². The largest absolute Gasteiger partial charge is 0.399 e. The molecule has 16 heavy (non-hydrogen) atoms. The number of benzene rings is 1. The normalized spacial score (nSPS) is 11.0. The van der Waals surface area contributed by atoms with Crippen molar-refractivity contribution in [2.45, 2.75) is 6.42 Å². The Morgan fingerprint density at radius 1 is 1.25 bits per heavy atom. The van der Waals surface area contributed by atoms with Crippen LogP contribution in [0.2, 0.25) is 0 Å². The van der Waals surface area contributed by atoms with Crippen molar-refractivity contribution in [3.05, 3.63) is 41.2 Å². The highest BCUT2D eigenvalue weighted by Crippen LogP contribution is 2.16. The molecule has 0 aliphatic carbocycles. The van der Waals surface area contributed by atoms with E-state index in [4.69, 9.17) is 5.73 Å². The summed E-state index contributed by atoms with van der Waals surface area (Å²) in [5, 5.41) is 13.1.